The molecule has 0 radical (unpaired) electrons. The summed E-state index contributed by atoms with van der Waals surface area (Å²) in [6, 6.07) is 9.75. The van der Waals surface area contributed by atoms with Gasteiger partial charge in [0, 0.05) is 38.6 Å². The highest BCUT2D eigenvalue weighted by Gasteiger charge is 2.53. The van der Waals surface area contributed by atoms with Crippen LogP contribution < -0.4 is 10.6 Å². The van der Waals surface area contributed by atoms with Gasteiger partial charge < -0.3 is 15.5 Å². The number of hydrogen-bond donors (Lipinski definition) is 2. The van der Waals surface area contributed by atoms with E-state index in [1.807, 2.05) is 32.0 Å². The van der Waals surface area contributed by atoms with E-state index in [1.165, 1.54) is 5.56 Å². The lowest BCUT2D eigenvalue weighted by molar-refractivity contribution is -0.134. The summed E-state index contributed by atoms with van der Waals surface area (Å²) >= 11 is 0. The van der Waals surface area contributed by atoms with Crippen molar-refractivity contribution in [3.05, 3.63) is 35.9 Å². The van der Waals surface area contributed by atoms with Crippen LogP contribution in [-0.4, -0.2) is 66.3 Å². The minimum absolute atomic E-state index is 0.0747. The zero-order valence-electron chi connectivity index (χ0n) is 18.3. The lowest BCUT2D eigenvalue weighted by atomic mass is 9.84. The number of nitrogens with one attached hydrogen (secondary N) is 2. The molecule has 0 bridgehead atoms. The van der Waals surface area contributed by atoms with E-state index in [-0.39, 0.29) is 23.6 Å². The summed E-state index contributed by atoms with van der Waals surface area (Å²) in [7, 11) is 0. The smallest absolute Gasteiger partial charge is 0.242 e. The van der Waals surface area contributed by atoms with Gasteiger partial charge in [0.25, 0.3) is 0 Å². The average Bonchev–Trinajstić information content (AvgIpc) is 3.31. The number of nitrogens with zero attached hydrogens (tertiary/aromatic N) is 2. The van der Waals surface area contributed by atoms with Crippen molar-refractivity contribution in [3.63, 3.8) is 0 Å². The minimum atomic E-state index is -0.616. The molecule has 2 atom stereocenters. The van der Waals surface area contributed by atoms with Crippen molar-refractivity contribution >= 4 is 17.7 Å². The van der Waals surface area contributed by atoms with Crippen LogP contribution in [0.1, 0.15) is 39.2 Å². The van der Waals surface area contributed by atoms with E-state index in [4.69, 9.17) is 0 Å². The highest BCUT2D eigenvalue weighted by Crippen LogP contribution is 2.39. The summed E-state index contributed by atoms with van der Waals surface area (Å²) in [4.78, 5) is 41.6. The summed E-state index contributed by atoms with van der Waals surface area (Å²) < 4.78 is 0. The number of carbonyl (C=O) groups excluding carboxylic acids is 3. The lowest BCUT2D eigenvalue weighted by Gasteiger charge is -2.23. The molecule has 30 heavy (non-hydrogen) atoms. The average molecular weight is 415 g/mol. The summed E-state index contributed by atoms with van der Waals surface area (Å²) in [5.74, 6) is -0.239. The van der Waals surface area contributed by atoms with Gasteiger partial charge in [-0.2, -0.15) is 0 Å². The highest BCUT2D eigenvalue weighted by atomic mass is 16.2. The summed E-state index contributed by atoms with van der Waals surface area (Å²) in [6.45, 7) is 9.88. The number of benzene rings is 1. The fraction of sp³-hybridized carbons (Fsp3) is 0.609. The molecule has 2 saturated heterocycles. The van der Waals surface area contributed by atoms with E-state index in [2.05, 4.69) is 34.6 Å². The van der Waals surface area contributed by atoms with Gasteiger partial charge in [0.15, 0.2) is 0 Å². The van der Waals surface area contributed by atoms with Gasteiger partial charge in [0.2, 0.25) is 17.7 Å². The van der Waals surface area contributed by atoms with Gasteiger partial charge in [0.1, 0.15) is 6.04 Å². The molecule has 2 aliphatic heterocycles. The molecule has 1 aromatic rings. The highest BCUT2D eigenvalue weighted by molar-refractivity contribution is 5.95. The molecule has 2 heterocycles. The first-order valence-corrected chi connectivity index (χ1v) is 11.0. The number of likely N-dealkylation sites (N-methyl/N-ethyl adjacent to an activating group) is 1. The molecule has 164 valence electrons. The molecule has 0 saturated carbocycles. The lowest BCUT2D eigenvalue weighted by Crippen LogP contribution is -2.44. The van der Waals surface area contributed by atoms with Crippen LogP contribution in [0.2, 0.25) is 0 Å². The molecule has 7 heteroatoms. The molecule has 0 aliphatic carbocycles. The Morgan fingerprint density at radius 2 is 2.03 bits per heavy atom. The first kappa shape index (κ1) is 22.3. The molecule has 2 fully saturated rings. The minimum Gasteiger partial charge on any atom is -0.353 e. The van der Waals surface area contributed by atoms with Gasteiger partial charge >= 0.3 is 0 Å². The number of likely N-dealkylation sites (tertiary alicyclic amines) is 1. The molecular weight excluding hydrogens is 380 g/mol. The SMILES string of the molecule is CCN(CCNC(=O)[C@@H]1C[C@]2(CCN(C(=O)C(C)C)C2)C(=O)N1)Cc1ccccc1. The second-order valence-electron chi connectivity index (χ2n) is 8.82. The fourth-order valence-electron chi connectivity index (χ4n) is 4.43. The van der Waals surface area contributed by atoms with E-state index in [1.54, 1.807) is 4.90 Å². The molecule has 3 amide bonds. The molecule has 7 nitrogen and oxygen atoms in total. The Morgan fingerprint density at radius 3 is 2.70 bits per heavy atom. The zero-order valence-corrected chi connectivity index (χ0v) is 18.3. The van der Waals surface area contributed by atoms with Crippen molar-refractivity contribution in [1.82, 2.24) is 20.4 Å². The molecule has 0 unspecified atom stereocenters. The van der Waals surface area contributed by atoms with Gasteiger partial charge in [-0.25, -0.2) is 0 Å². The number of amides is 3. The van der Waals surface area contributed by atoms with Crippen molar-refractivity contribution in [2.24, 2.45) is 11.3 Å². The topological polar surface area (TPSA) is 81.8 Å². The zero-order chi connectivity index (χ0) is 21.7. The third-order valence-electron chi connectivity index (χ3n) is 6.28. The van der Waals surface area contributed by atoms with Crippen LogP contribution in [0.4, 0.5) is 0 Å². The van der Waals surface area contributed by atoms with Crippen LogP contribution in [0, 0.1) is 11.3 Å². The predicted molar refractivity (Wildman–Crippen MR) is 115 cm³/mol. The number of carbonyl (C=O) groups is 3. The Labute approximate surface area is 179 Å². The summed E-state index contributed by atoms with van der Waals surface area (Å²) in [6.07, 6.45) is 1.09. The van der Waals surface area contributed by atoms with E-state index >= 15 is 0 Å². The fourth-order valence-corrected chi connectivity index (χ4v) is 4.43. The Kier molecular flexibility index (Phi) is 7.13. The molecule has 1 aromatic carbocycles. The van der Waals surface area contributed by atoms with Gasteiger partial charge in [-0.3, -0.25) is 19.3 Å². The number of hydrogen-bond acceptors (Lipinski definition) is 4. The first-order valence-electron chi connectivity index (χ1n) is 11.0. The van der Waals surface area contributed by atoms with Crippen molar-refractivity contribution < 1.29 is 14.4 Å². The molecule has 0 aromatic heterocycles. The van der Waals surface area contributed by atoms with E-state index in [9.17, 15) is 14.4 Å². The quantitative estimate of drug-likeness (QED) is 0.674. The molecule has 1 spiro atoms. The number of rotatable bonds is 8. The van der Waals surface area contributed by atoms with Gasteiger partial charge in [-0.15, -0.1) is 0 Å². The Bertz CT molecular complexity index is 767. The van der Waals surface area contributed by atoms with Crippen LogP contribution in [0.3, 0.4) is 0 Å². The van der Waals surface area contributed by atoms with Crippen molar-refractivity contribution in [1.29, 1.82) is 0 Å². The standard InChI is InChI=1S/C23H34N4O3/c1-4-26(15-18-8-6-5-7-9-18)13-11-24-20(28)19-14-23(22(30)25-19)10-12-27(16-23)21(29)17(2)3/h5-9,17,19H,4,10-16H2,1-3H3,(H,24,28)(H,25,30)/t19-,23-/m0/s1. The van der Waals surface area contributed by atoms with Crippen LogP contribution in [0.5, 0.6) is 0 Å². The van der Waals surface area contributed by atoms with Crippen molar-refractivity contribution in [3.8, 4) is 0 Å². The Hall–Kier alpha value is -2.41. The van der Waals surface area contributed by atoms with Crippen LogP contribution >= 0.6 is 0 Å². The van der Waals surface area contributed by atoms with Crippen LogP contribution in [0.25, 0.3) is 0 Å². The first-order chi connectivity index (χ1) is 14.3. The second kappa shape index (κ2) is 9.60. The monoisotopic (exact) mass is 414 g/mol. The Balaban J connectivity index is 1.47. The predicted octanol–water partition coefficient (Wildman–Crippen LogP) is 1.39. The third-order valence-corrected chi connectivity index (χ3v) is 6.28. The van der Waals surface area contributed by atoms with Crippen molar-refractivity contribution in [2.75, 3.05) is 32.7 Å². The van der Waals surface area contributed by atoms with E-state index < -0.39 is 11.5 Å². The maximum atomic E-state index is 12.7. The normalized spacial score (nSPS) is 23.4. The van der Waals surface area contributed by atoms with E-state index in [0.29, 0.717) is 32.5 Å². The Morgan fingerprint density at radius 1 is 1.30 bits per heavy atom. The van der Waals surface area contributed by atoms with Crippen molar-refractivity contribution in [2.45, 2.75) is 46.2 Å². The van der Waals surface area contributed by atoms with Crippen LogP contribution in [0.15, 0.2) is 30.3 Å². The third kappa shape index (κ3) is 5.01. The molecule has 2 aliphatic rings. The summed E-state index contributed by atoms with van der Waals surface area (Å²) in [5, 5.41) is 5.84. The van der Waals surface area contributed by atoms with Gasteiger partial charge in [-0.1, -0.05) is 51.1 Å². The van der Waals surface area contributed by atoms with Gasteiger partial charge in [0.05, 0.1) is 5.41 Å². The second-order valence-corrected chi connectivity index (χ2v) is 8.82. The van der Waals surface area contributed by atoms with Crippen LogP contribution in [-0.2, 0) is 20.9 Å². The summed E-state index contributed by atoms with van der Waals surface area (Å²) in [5.41, 5.74) is 0.632. The molecular formula is C23H34N4O3. The maximum absolute atomic E-state index is 12.7. The van der Waals surface area contributed by atoms with E-state index in [0.717, 1.165) is 19.6 Å². The molecule has 3 rings (SSSR count). The maximum Gasteiger partial charge on any atom is 0.242 e. The largest absolute Gasteiger partial charge is 0.353 e. The molecule has 2 N–H and O–H groups in total. The van der Waals surface area contributed by atoms with Gasteiger partial charge in [-0.05, 0) is 24.9 Å².